The first kappa shape index (κ1) is 16.9. The van der Waals surface area contributed by atoms with E-state index in [1.807, 2.05) is 0 Å². The fourth-order valence-corrected chi connectivity index (χ4v) is 3.32. The largest absolute Gasteiger partial charge is 0.493 e. The molecular formula is C16H22F3NO2. The van der Waals surface area contributed by atoms with Gasteiger partial charge in [0.25, 0.3) is 0 Å². The molecule has 0 spiro atoms. The summed E-state index contributed by atoms with van der Waals surface area (Å²) in [5.41, 5.74) is 5.33. The maximum atomic E-state index is 13.4. The van der Waals surface area contributed by atoms with Crippen molar-refractivity contribution in [1.82, 2.24) is 0 Å². The van der Waals surface area contributed by atoms with Crippen molar-refractivity contribution >= 4 is 0 Å². The summed E-state index contributed by atoms with van der Waals surface area (Å²) in [6, 6.07) is 2.83. The molecule has 2 N–H and O–H groups in total. The van der Waals surface area contributed by atoms with Crippen molar-refractivity contribution in [2.45, 2.75) is 43.7 Å². The van der Waals surface area contributed by atoms with Crippen LogP contribution in [0.4, 0.5) is 13.2 Å². The van der Waals surface area contributed by atoms with E-state index in [-0.39, 0.29) is 11.5 Å². The SMILES string of the molecule is COc1cc(C2(CN)CCCCC2)cc(C(F)(F)F)c1OC. The van der Waals surface area contributed by atoms with Gasteiger partial charge in [-0.05, 0) is 30.5 Å². The van der Waals surface area contributed by atoms with Gasteiger partial charge in [0.05, 0.1) is 14.2 Å². The smallest absolute Gasteiger partial charge is 0.420 e. The fraction of sp³-hybridized carbons (Fsp3) is 0.625. The maximum Gasteiger partial charge on any atom is 0.420 e. The lowest BCUT2D eigenvalue weighted by atomic mass is 9.69. The molecular weight excluding hydrogens is 295 g/mol. The van der Waals surface area contributed by atoms with Crippen LogP contribution in [0.3, 0.4) is 0 Å². The Morgan fingerprint density at radius 1 is 1.09 bits per heavy atom. The van der Waals surface area contributed by atoms with E-state index in [2.05, 4.69) is 0 Å². The Kier molecular flexibility index (Phi) is 4.90. The Bertz CT molecular complexity index is 523. The third-order valence-electron chi connectivity index (χ3n) is 4.60. The summed E-state index contributed by atoms with van der Waals surface area (Å²) in [4.78, 5) is 0. The van der Waals surface area contributed by atoms with Crippen LogP contribution in [0.1, 0.15) is 43.2 Å². The third-order valence-corrected chi connectivity index (χ3v) is 4.60. The Labute approximate surface area is 128 Å². The van der Waals surface area contributed by atoms with Crippen LogP contribution in [-0.2, 0) is 11.6 Å². The van der Waals surface area contributed by atoms with Gasteiger partial charge in [0.2, 0.25) is 0 Å². The number of benzene rings is 1. The zero-order valence-electron chi connectivity index (χ0n) is 12.9. The second-order valence-electron chi connectivity index (χ2n) is 5.80. The van der Waals surface area contributed by atoms with Crippen LogP contribution < -0.4 is 15.2 Å². The quantitative estimate of drug-likeness (QED) is 0.916. The first-order valence-corrected chi connectivity index (χ1v) is 7.42. The van der Waals surface area contributed by atoms with Crippen LogP contribution in [0, 0.1) is 0 Å². The van der Waals surface area contributed by atoms with Crippen molar-refractivity contribution in [3.05, 3.63) is 23.3 Å². The molecule has 1 fully saturated rings. The molecule has 1 saturated carbocycles. The predicted octanol–water partition coefficient (Wildman–Crippen LogP) is 3.88. The average Bonchev–Trinajstić information content (AvgIpc) is 2.53. The van der Waals surface area contributed by atoms with Crippen LogP contribution in [0.5, 0.6) is 11.5 Å². The molecule has 22 heavy (non-hydrogen) atoms. The minimum atomic E-state index is -4.50. The highest BCUT2D eigenvalue weighted by Crippen LogP contribution is 2.47. The van der Waals surface area contributed by atoms with Crippen LogP contribution in [-0.4, -0.2) is 20.8 Å². The zero-order valence-corrected chi connectivity index (χ0v) is 12.9. The van der Waals surface area contributed by atoms with Crippen molar-refractivity contribution in [1.29, 1.82) is 0 Å². The van der Waals surface area contributed by atoms with E-state index in [0.717, 1.165) is 32.1 Å². The summed E-state index contributed by atoms with van der Waals surface area (Å²) >= 11 is 0. The number of rotatable bonds is 4. The second-order valence-corrected chi connectivity index (χ2v) is 5.80. The normalized spacial score (nSPS) is 18.1. The lowest BCUT2D eigenvalue weighted by Gasteiger charge is -2.37. The van der Waals surface area contributed by atoms with Crippen LogP contribution in [0.2, 0.25) is 0 Å². The van der Waals surface area contributed by atoms with Gasteiger partial charge in [0.1, 0.15) is 5.56 Å². The Morgan fingerprint density at radius 2 is 1.73 bits per heavy atom. The van der Waals surface area contributed by atoms with Crippen LogP contribution in [0.15, 0.2) is 12.1 Å². The van der Waals surface area contributed by atoms with Crippen molar-refractivity contribution in [3.8, 4) is 11.5 Å². The first-order valence-electron chi connectivity index (χ1n) is 7.42. The molecule has 3 nitrogen and oxygen atoms in total. The van der Waals surface area contributed by atoms with E-state index < -0.39 is 17.2 Å². The average molecular weight is 317 g/mol. The molecule has 0 aromatic heterocycles. The molecule has 1 aliphatic carbocycles. The van der Waals surface area contributed by atoms with E-state index in [9.17, 15) is 13.2 Å². The summed E-state index contributed by atoms with van der Waals surface area (Å²) in [5, 5.41) is 0. The Hall–Kier alpha value is -1.43. The molecule has 2 rings (SSSR count). The van der Waals surface area contributed by atoms with Gasteiger partial charge >= 0.3 is 6.18 Å². The third kappa shape index (κ3) is 3.02. The number of hydrogen-bond acceptors (Lipinski definition) is 3. The molecule has 0 radical (unpaired) electrons. The molecule has 0 heterocycles. The number of methoxy groups -OCH3 is 2. The number of hydrogen-bond donors (Lipinski definition) is 1. The summed E-state index contributed by atoms with van der Waals surface area (Å²) in [6.07, 6.45) is 0.159. The molecule has 0 bridgehead atoms. The van der Waals surface area contributed by atoms with Gasteiger partial charge < -0.3 is 15.2 Å². The minimum Gasteiger partial charge on any atom is -0.493 e. The monoisotopic (exact) mass is 317 g/mol. The molecule has 1 aromatic rings. The maximum absolute atomic E-state index is 13.4. The van der Waals surface area contributed by atoms with Crippen molar-refractivity contribution < 1.29 is 22.6 Å². The standard InChI is InChI=1S/C16H22F3NO2/c1-21-13-9-11(15(10-20)6-4-3-5-7-15)8-12(14(13)22-2)16(17,18)19/h8-9H,3-7,10,20H2,1-2H3. The lowest BCUT2D eigenvalue weighted by molar-refractivity contribution is -0.139. The number of nitrogens with two attached hydrogens (primary N) is 1. The molecule has 0 unspecified atom stereocenters. The van der Waals surface area contributed by atoms with Crippen molar-refractivity contribution in [2.24, 2.45) is 5.73 Å². The predicted molar refractivity (Wildman–Crippen MR) is 78.4 cm³/mol. The van der Waals surface area contributed by atoms with Gasteiger partial charge in [-0.25, -0.2) is 0 Å². The highest BCUT2D eigenvalue weighted by Gasteiger charge is 2.40. The van der Waals surface area contributed by atoms with Gasteiger partial charge in [-0.2, -0.15) is 13.2 Å². The molecule has 124 valence electrons. The van der Waals surface area contributed by atoms with E-state index in [4.69, 9.17) is 15.2 Å². The number of alkyl halides is 3. The van der Waals surface area contributed by atoms with Gasteiger partial charge in [0, 0.05) is 12.0 Å². The zero-order chi connectivity index (χ0) is 16.4. The van der Waals surface area contributed by atoms with Crippen LogP contribution >= 0.6 is 0 Å². The molecule has 1 aliphatic rings. The summed E-state index contributed by atoms with van der Waals surface area (Å²) in [7, 11) is 2.56. The molecule has 6 heteroatoms. The summed E-state index contributed by atoms with van der Waals surface area (Å²) in [5.74, 6) is -0.174. The topological polar surface area (TPSA) is 44.5 Å². The molecule has 0 amide bonds. The van der Waals surface area contributed by atoms with Gasteiger partial charge in [-0.1, -0.05) is 19.3 Å². The Morgan fingerprint density at radius 3 is 2.18 bits per heavy atom. The van der Waals surface area contributed by atoms with Gasteiger partial charge in [0.15, 0.2) is 11.5 Å². The summed E-state index contributed by atoms with van der Waals surface area (Å²) < 4.78 is 50.1. The van der Waals surface area contributed by atoms with E-state index >= 15 is 0 Å². The Balaban J connectivity index is 2.61. The van der Waals surface area contributed by atoms with E-state index in [0.29, 0.717) is 12.1 Å². The van der Waals surface area contributed by atoms with Gasteiger partial charge in [-0.3, -0.25) is 0 Å². The molecule has 0 aliphatic heterocycles. The highest BCUT2D eigenvalue weighted by atomic mass is 19.4. The molecule has 0 saturated heterocycles. The van der Waals surface area contributed by atoms with E-state index in [1.165, 1.54) is 20.3 Å². The molecule has 1 aromatic carbocycles. The first-order chi connectivity index (χ1) is 10.4. The van der Waals surface area contributed by atoms with Crippen LogP contribution in [0.25, 0.3) is 0 Å². The highest BCUT2D eigenvalue weighted by molar-refractivity contribution is 5.52. The van der Waals surface area contributed by atoms with Gasteiger partial charge in [-0.15, -0.1) is 0 Å². The second kappa shape index (κ2) is 6.36. The number of ether oxygens (including phenoxy) is 2. The van der Waals surface area contributed by atoms with Crippen molar-refractivity contribution in [3.63, 3.8) is 0 Å². The minimum absolute atomic E-state index is 0.103. The van der Waals surface area contributed by atoms with E-state index in [1.54, 1.807) is 6.07 Å². The number of halogens is 3. The van der Waals surface area contributed by atoms with Crippen molar-refractivity contribution in [2.75, 3.05) is 20.8 Å². The summed E-state index contributed by atoms with van der Waals surface area (Å²) in [6.45, 7) is 0.333. The lowest BCUT2D eigenvalue weighted by Crippen LogP contribution is -2.37. The molecule has 0 atom stereocenters. The fourth-order valence-electron chi connectivity index (χ4n) is 3.32.